The number of anilines is 1. The summed E-state index contributed by atoms with van der Waals surface area (Å²) in [5.41, 5.74) is 2.90. The molecule has 0 saturated carbocycles. The molecule has 0 amide bonds. The van der Waals surface area contributed by atoms with E-state index in [2.05, 4.69) is 4.98 Å². The Labute approximate surface area is 81.7 Å². The number of alkyl halides is 2. The molecule has 1 heterocycles. The molecule has 0 aliphatic rings. The SMILES string of the molecule is Nc1cnc(F)c(C(F)F)c1C(=O)Cl. The first-order chi connectivity index (χ1) is 6.45. The molecular weight excluding hydrogens is 221 g/mol. The number of carbonyl (C=O) groups is 1. The first-order valence-electron chi connectivity index (χ1n) is 3.37. The molecule has 0 radical (unpaired) electrons. The number of halogens is 4. The maximum absolute atomic E-state index is 12.8. The minimum Gasteiger partial charge on any atom is -0.397 e. The van der Waals surface area contributed by atoms with E-state index in [0.29, 0.717) is 0 Å². The van der Waals surface area contributed by atoms with Crippen LogP contribution in [-0.4, -0.2) is 10.2 Å². The maximum atomic E-state index is 12.8. The number of hydrogen-bond donors (Lipinski definition) is 1. The molecule has 1 aromatic heterocycles. The van der Waals surface area contributed by atoms with Crippen LogP contribution in [0.25, 0.3) is 0 Å². The summed E-state index contributed by atoms with van der Waals surface area (Å²) in [4.78, 5) is 13.7. The first kappa shape index (κ1) is 10.8. The number of carbonyl (C=O) groups excluding carboxylic acids is 1. The predicted molar refractivity (Wildman–Crippen MR) is 43.7 cm³/mol. The summed E-state index contributed by atoms with van der Waals surface area (Å²) in [6.07, 6.45) is -2.43. The summed E-state index contributed by atoms with van der Waals surface area (Å²) >= 11 is 4.98. The molecule has 0 aliphatic heterocycles. The molecule has 0 spiro atoms. The summed E-state index contributed by atoms with van der Waals surface area (Å²) in [5, 5.41) is -1.24. The van der Waals surface area contributed by atoms with E-state index in [1.807, 2.05) is 0 Å². The summed E-state index contributed by atoms with van der Waals surface area (Å²) in [6.45, 7) is 0. The third-order valence-corrected chi connectivity index (χ3v) is 1.70. The number of nitrogen functional groups attached to an aromatic ring is 1. The number of aromatic nitrogens is 1. The van der Waals surface area contributed by atoms with E-state index in [0.717, 1.165) is 6.20 Å². The average Bonchev–Trinajstić information content (AvgIpc) is 2.07. The molecule has 0 bridgehead atoms. The summed E-state index contributed by atoms with van der Waals surface area (Å²) in [7, 11) is 0. The van der Waals surface area contributed by atoms with E-state index in [4.69, 9.17) is 17.3 Å². The molecule has 1 rings (SSSR count). The Morgan fingerprint density at radius 3 is 2.50 bits per heavy atom. The quantitative estimate of drug-likeness (QED) is 0.618. The third kappa shape index (κ3) is 1.79. The molecular formula is C7H4ClF3N2O. The highest BCUT2D eigenvalue weighted by Crippen LogP contribution is 2.29. The van der Waals surface area contributed by atoms with Crippen LogP contribution in [0.2, 0.25) is 0 Å². The van der Waals surface area contributed by atoms with Crippen LogP contribution < -0.4 is 5.73 Å². The van der Waals surface area contributed by atoms with Crippen molar-refractivity contribution in [1.29, 1.82) is 0 Å². The minimum atomic E-state index is -3.19. The van der Waals surface area contributed by atoms with Crippen molar-refractivity contribution in [3.63, 3.8) is 0 Å². The fourth-order valence-corrected chi connectivity index (χ4v) is 1.15. The lowest BCUT2D eigenvalue weighted by Crippen LogP contribution is -2.08. The fourth-order valence-electron chi connectivity index (χ4n) is 0.937. The lowest BCUT2D eigenvalue weighted by Gasteiger charge is -2.07. The highest BCUT2D eigenvalue weighted by molar-refractivity contribution is 6.68. The Morgan fingerprint density at radius 2 is 2.14 bits per heavy atom. The van der Waals surface area contributed by atoms with Gasteiger partial charge in [-0.1, -0.05) is 0 Å². The second-order valence-electron chi connectivity index (χ2n) is 2.37. The maximum Gasteiger partial charge on any atom is 0.269 e. The first-order valence-corrected chi connectivity index (χ1v) is 3.74. The lowest BCUT2D eigenvalue weighted by atomic mass is 10.1. The van der Waals surface area contributed by atoms with Crippen molar-refractivity contribution in [2.24, 2.45) is 0 Å². The van der Waals surface area contributed by atoms with Crippen molar-refractivity contribution in [2.45, 2.75) is 6.43 Å². The Morgan fingerprint density at radius 1 is 1.57 bits per heavy atom. The van der Waals surface area contributed by atoms with Crippen LogP contribution in [0.3, 0.4) is 0 Å². The van der Waals surface area contributed by atoms with Crippen LogP contribution in [0.4, 0.5) is 18.9 Å². The molecule has 0 saturated heterocycles. The normalized spacial score (nSPS) is 10.6. The van der Waals surface area contributed by atoms with Gasteiger partial charge in [-0.05, 0) is 11.6 Å². The largest absolute Gasteiger partial charge is 0.397 e. The Kier molecular flexibility index (Phi) is 2.95. The van der Waals surface area contributed by atoms with E-state index in [-0.39, 0.29) is 5.69 Å². The second kappa shape index (κ2) is 3.83. The van der Waals surface area contributed by atoms with Crippen molar-refractivity contribution >= 4 is 22.5 Å². The molecule has 0 unspecified atom stereocenters. The highest BCUT2D eigenvalue weighted by atomic mass is 35.5. The standard InChI is InChI=1S/C7H4ClF3N2O/c8-5(14)3-2(12)1-13-7(11)4(3)6(9)10/h1,6H,12H2. The lowest BCUT2D eigenvalue weighted by molar-refractivity contribution is 0.106. The zero-order chi connectivity index (χ0) is 10.9. The monoisotopic (exact) mass is 224 g/mol. The Balaban J connectivity index is 3.50. The van der Waals surface area contributed by atoms with Crippen LogP contribution in [0.5, 0.6) is 0 Å². The van der Waals surface area contributed by atoms with E-state index in [1.165, 1.54) is 0 Å². The van der Waals surface area contributed by atoms with Crippen molar-refractivity contribution < 1.29 is 18.0 Å². The Hall–Kier alpha value is -1.30. The number of nitrogens with zero attached hydrogens (tertiary/aromatic N) is 1. The van der Waals surface area contributed by atoms with E-state index in [1.54, 1.807) is 0 Å². The van der Waals surface area contributed by atoms with Crippen molar-refractivity contribution in [1.82, 2.24) is 4.98 Å². The molecule has 0 fully saturated rings. The van der Waals surface area contributed by atoms with Gasteiger partial charge in [-0.25, -0.2) is 13.8 Å². The van der Waals surface area contributed by atoms with Gasteiger partial charge in [0.25, 0.3) is 11.7 Å². The van der Waals surface area contributed by atoms with Gasteiger partial charge in [-0.2, -0.15) is 4.39 Å². The van der Waals surface area contributed by atoms with Crippen LogP contribution in [-0.2, 0) is 0 Å². The van der Waals surface area contributed by atoms with Gasteiger partial charge in [-0.15, -0.1) is 0 Å². The smallest absolute Gasteiger partial charge is 0.269 e. The van der Waals surface area contributed by atoms with Gasteiger partial charge < -0.3 is 5.73 Å². The Bertz CT molecular complexity index is 383. The van der Waals surface area contributed by atoms with E-state index in [9.17, 15) is 18.0 Å². The molecule has 2 N–H and O–H groups in total. The third-order valence-electron chi connectivity index (χ3n) is 1.51. The molecule has 0 aromatic carbocycles. The van der Waals surface area contributed by atoms with Gasteiger partial charge >= 0.3 is 0 Å². The molecule has 3 nitrogen and oxygen atoms in total. The summed E-state index contributed by atoms with van der Waals surface area (Å²) in [5.74, 6) is -1.45. The van der Waals surface area contributed by atoms with Gasteiger partial charge in [0, 0.05) is 0 Å². The van der Waals surface area contributed by atoms with Crippen molar-refractivity contribution in [3.05, 3.63) is 23.3 Å². The van der Waals surface area contributed by atoms with Crippen LogP contribution in [0.15, 0.2) is 6.20 Å². The van der Waals surface area contributed by atoms with Gasteiger partial charge in [0.1, 0.15) is 0 Å². The van der Waals surface area contributed by atoms with Crippen LogP contribution in [0.1, 0.15) is 22.3 Å². The molecule has 0 atom stereocenters. The van der Waals surface area contributed by atoms with E-state index >= 15 is 0 Å². The predicted octanol–water partition coefficient (Wildman–Crippen LogP) is 2.12. The van der Waals surface area contributed by atoms with Gasteiger partial charge in [0.05, 0.1) is 23.0 Å². The molecule has 76 valence electrons. The molecule has 0 aliphatic carbocycles. The van der Waals surface area contributed by atoms with Gasteiger partial charge in [-0.3, -0.25) is 4.79 Å². The number of rotatable bonds is 2. The number of hydrogen-bond acceptors (Lipinski definition) is 3. The summed E-state index contributed by atoms with van der Waals surface area (Å²) in [6, 6.07) is 0. The molecule has 7 heteroatoms. The van der Waals surface area contributed by atoms with Crippen molar-refractivity contribution in [2.75, 3.05) is 5.73 Å². The van der Waals surface area contributed by atoms with Crippen LogP contribution in [0, 0.1) is 5.95 Å². The summed E-state index contributed by atoms with van der Waals surface area (Å²) < 4.78 is 37.3. The molecule has 1 aromatic rings. The molecule has 14 heavy (non-hydrogen) atoms. The fraction of sp³-hybridized carbons (Fsp3) is 0.143. The van der Waals surface area contributed by atoms with Crippen LogP contribution >= 0.6 is 11.6 Å². The number of pyridine rings is 1. The topological polar surface area (TPSA) is 56.0 Å². The van der Waals surface area contributed by atoms with E-state index < -0.39 is 28.7 Å². The minimum absolute atomic E-state index is 0.373. The van der Waals surface area contributed by atoms with Gasteiger partial charge in [0.2, 0.25) is 5.95 Å². The highest BCUT2D eigenvalue weighted by Gasteiger charge is 2.25. The van der Waals surface area contributed by atoms with Gasteiger partial charge in [0.15, 0.2) is 0 Å². The zero-order valence-corrected chi connectivity index (χ0v) is 7.36. The average molecular weight is 225 g/mol. The number of nitrogens with two attached hydrogens (primary N) is 1. The second-order valence-corrected chi connectivity index (χ2v) is 2.71. The van der Waals surface area contributed by atoms with Crippen molar-refractivity contribution in [3.8, 4) is 0 Å². The zero-order valence-electron chi connectivity index (χ0n) is 6.60.